The van der Waals surface area contributed by atoms with Crippen LogP contribution in [0.2, 0.25) is 0 Å². The van der Waals surface area contributed by atoms with E-state index in [4.69, 9.17) is 10.00 Å². The minimum atomic E-state index is 0.767. The molecule has 0 aromatic heterocycles. The molecule has 1 aromatic rings. The first-order chi connectivity index (χ1) is 6.36. The molecule has 0 bridgehead atoms. The van der Waals surface area contributed by atoms with E-state index in [1.165, 1.54) is 6.34 Å². The number of ether oxygens (including phenoxy) is 1. The van der Waals surface area contributed by atoms with Crippen LogP contribution in [-0.4, -0.2) is 13.4 Å². The summed E-state index contributed by atoms with van der Waals surface area (Å²) in [6.07, 6.45) is 3.07. The predicted octanol–water partition coefficient (Wildman–Crippen LogP) is 1.43. The van der Waals surface area contributed by atoms with Crippen LogP contribution < -0.4 is 10.1 Å². The smallest absolute Gasteiger partial charge is 0.182 e. The van der Waals surface area contributed by atoms with E-state index in [0.29, 0.717) is 0 Å². The van der Waals surface area contributed by atoms with E-state index < -0.39 is 0 Å². The number of methoxy groups -OCH3 is 1. The summed E-state index contributed by atoms with van der Waals surface area (Å²) in [5.41, 5.74) is 0.767. The second-order valence-corrected chi connectivity index (χ2v) is 2.21. The number of hydrogen-bond donors (Lipinski definition) is 1. The van der Waals surface area contributed by atoms with Crippen molar-refractivity contribution in [2.45, 2.75) is 0 Å². The van der Waals surface area contributed by atoms with Crippen LogP contribution >= 0.6 is 0 Å². The first kappa shape index (κ1) is 9.07. The van der Waals surface area contributed by atoms with Gasteiger partial charge in [-0.3, -0.25) is 5.32 Å². The number of hydrogen-bond acceptors (Lipinski definition) is 3. The number of nitrogens with zero attached hydrogens (tertiary/aromatic N) is 2. The van der Waals surface area contributed by atoms with Crippen molar-refractivity contribution in [3.8, 4) is 11.9 Å². The third-order valence-corrected chi connectivity index (χ3v) is 1.42. The van der Waals surface area contributed by atoms with Crippen molar-refractivity contribution in [2.75, 3.05) is 7.11 Å². The van der Waals surface area contributed by atoms with Gasteiger partial charge in [-0.2, -0.15) is 5.26 Å². The maximum atomic E-state index is 8.15. The summed E-state index contributed by atoms with van der Waals surface area (Å²) in [6, 6.07) is 7.21. The van der Waals surface area contributed by atoms with Crippen LogP contribution in [0.1, 0.15) is 0 Å². The molecule has 0 spiro atoms. The quantitative estimate of drug-likeness (QED) is 0.327. The molecule has 0 atom stereocenters. The van der Waals surface area contributed by atoms with Crippen LogP contribution in [0.25, 0.3) is 0 Å². The van der Waals surface area contributed by atoms with Gasteiger partial charge < -0.3 is 4.74 Å². The Bertz CT molecular complexity index is 324. The molecule has 0 amide bonds. The Hall–Kier alpha value is -2.02. The summed E-state index contributed by atoms with van der Waals surface area (Å²) in [4.78, 5) is 3.96. The molecule has 0 aliphatic rings. The number of benzene rings is 1. The van der Waals surface area contributed by atoms with Crippen molar-refractivity contribution < 1.29 is 4.74 Å². The normalized spacial score (nSPS) is 9.54. The van der Waals surface area contributed by atoms with Crippen molar-refractivity contribution in [1.82, 2.24) is 5.32 Å². The Morgan fingerprint density at radius 3 is 2.69 bits per heavy atom. The van der Waals surface area contributed by atoms with Gasteiger partial charge in [-0.05, 0) is 24.3 Å². The molecule has 0 fully saturated rings. The highest BCUT2D eigenvalue weighted by atomic mass is 16.5. The SMILES string of the molecule is COc1ccc(N=CNC#N)cc1. The summed E-state index contributed by atoms with van der Waals surface area (Å²) in [6.45, 7) is 0. The molecule has 66 valence electrons. The standard InChI is InChI=1S/C9H9N3O/c1-13-9-4-2-8(3-5-9)12-7-11-6-10/h2-5,7H,1H3,(H,11,12). The second kappa shape index (κ2) is 4.78. The third-order valence-electron chi connectivity index (χ3n) is 1.42. The zero-order valence-corrected chi connectivity index (χ0v) is 7.19. The van der Waals surface area contributed by atoms with Crippen molar-refractivity contribution in [3.63, 3.8) is 0 Å². The van der Waals surface area contributed by atoms with E-state index in [9.17, 15) is 0 Å². The molecule has 0 radical (unpaired) electrons. The van der Waals surface area contributed by atoms with Crippen LogP contribution in [0.4, 0.5) is 5.69 Å². The highest BCUT2D eigenvalue weighted by Crippen LogP contribution is 2.16. The van der Waals surface area contributed by atoms with Gasteiger partial charge in [-0.25, -0.2) is 4.99 Å². The molecule has 0 aliphatic heterocycles. The highest BCUT2D eigenvalue weighted by molar-refractivity contribution is 5.62. The van der Waals surface area contributed by atoms with Gasteiger partial charge in [0.25, 0.3) is 0 Å². The van der Waals surface area contributed by atoms with Gasteiger partial charge in [0.15, 0.2) is 6.19 Å². The van der Waals surface area contributed by atoms with Crippen molar-refractivity contribution in [1.29, 1.82) is 5.26 Å². The molecule has 13 heavy (non-hydrogen) atoms. The van der Waals surface area contributed by atoms with Crippen molar-refractivity contribution in [2.24, 2.45) is 4.99 Å². The minimum absolute atomic E-state index is 0.767. The van der Waals surface area contributed by atoms with Gasteiger partial charge in [-0.15, -0.1) is 0 Å². The van der Waals surface area contributed by atoms with Gasteiger partial charge in [0, 0.05) is 0 Å². The Morgan fingerprint density at radius 2 is 2.15 bits per heavy atom. The van der Waals surface area contributed by atoms with E-state index in [1.807, 2.05) is 0 Å². The predicted molar refractivity (Wildman–Crippen MR) is 49.9 cm³/mol. The summed E-state index contributed by atoms with van der Waals surface area (Å²) in [5.74, 6) is 0.784. The van der Waals surface area contributed by atoms with E-state index in [1.54, 1.807) is 37.6 Å². The second-order valence-electron chi connectivity index (χ2n) is 2.21. The average Bonchev–Trinajstić information content (AvgIpc) is 2.19. The lowest BCUT2D eigenvalue weighted by molar-refractivity contribution is 0.415. The maximum Gasteiger partial charge on any atom is 0.182 e. The van der Waals surface area contributed by atoms with E-state index in [2.05, 4.69) is 10.3 Å². The zero-order valence-electron chi connectivity index (χ0n) is 7.19. The number of rotatable bonds is 3. The lowest BCUT2D eigenvalue weighted by atomic mass is 10.3. The molecule has 0 heterocycles. The van der Waals surface area contributed by atoms with Crippen molar-refractivity contribution >= 4 is 12.0 Å². The van der Waals surface area contributed by atoms with Gasteiger partial charge in [0.2, 0.25) is 0 Å². The molecule has 0 saturated carbocycles. The molecular weight excluding hydrogens is 166 g/mol. The molecule has 0 unspecified atom stereocenters. The molecule has 1 N–H and O–H groups in total. The molecule has 0 aliphatic carbocycles. The molecular formula is C9H9N3O. The Morgan fingerprint density at radius 1 is 1.46 bits per heavy atom. The number of nitrogens with one attached hydrogen (secondary N) is 1. The van der Waals surface area contributed by atoms with Gasteiger partial charge in [-0.1, -0.05) is 0 Å². The van der Waals surface area contributed by atoms with E-state index in [-0.39, 0.29) is 0 Å². The maximum absolute atomic E-state index is 8.15. The summed E-state index contributed by atoms with van der Waals surface area (Å²) in [7, 11) is 1.61. The Balaban J connectivity index is 2.65. The Kier molecular flexibility index (Phi) is 3.33. The lowest BCUT2D eigenvalue weighted by Crippen LogP contribution is -1.98. The molecule has 4 heteroatoms. The molecule has 1 aromatic carbocycles. The van der Waals surface area contributed by atoms with Gasteiger partial charge in [0.1, 0.15) is 12.1 Å². The van der Waals surface area contributed by atoms with Crippen LogP contribution in [0.3, 0.4) is 0 Å². The molecule has 0 saturated heterocycles. The zero-order chi connectivity index (χ0) is 9.52. The number of aliphatic imine (C=N–C) groups is 1. The summed E-state index contributed by atoms with van der Waals surface area (Å²) < 4.78 is 4.97. The van der Waals surface area contributed by atoms with Gasteiger partial charge in [0.05, 0.1) is 12.8 Å². The molecule has 4 nitrogen and oxygen atoms in total. The largest absolute Gasteiger partial charge is 0.497 e. The highest BCUT2D eigenvalue weighted by Gasteiger charge is 1.89. The number of nitriles is 1. The van der Waals surface area contributed by atoms with E-state index >= 15 is 0 Å². The monoisotopic (exact) mass is 175 g/mol. The van der Waals surface area contributed by atoms with Crippen LogP contribution in [0.5, 0.6) is 5.75 Å². The van der Waals surface area contributed by atoms with E-state index in [0.717, 1.165) is 11.4 Å². The minimum Gasteiger partial charge on any atom is -0.497 e. The fraction of sp³-hybridized carbons (Fsp3) is 0.111. The van der Waals surface area contributed by atoms with Crippen LogP contribution in [0, 0.1) is 11.5 Å². The third kappa shape index (κ3) is 2.83. The van der Waals surface area contributed by atoms with Crippen LogP contribution in [0.15, 0.2) is 29.3 Å². The topological polar surface area (TPSA) is 57.4 Å². The van der Waals surface area contributed by atoms with Crippen LogP contribution in [-0.2, 0) is 0 Å². The molecule has 1 rings (SSSR count). The first-order valence-electron chi connectivity index (χ1n) is 3.68. The fourth-order valence-corrected chi connectivity index (χ4v) is 0.804. The average molecular weight is 175 g/mol. The summed E-state index contributed by atoms with van der Waals surface area (Å²) >= 11 is 0. The Labute approximate surface area is 76.5 Å². The lowest BCUT2D eigenvalue weighted by Gasteiger charge is -1.98. The van der Waals surface area contributed by atoms with Crippen molar-refractivity contribution in [3.05, 3.63) is 24.3 Å². The van der Waals surface area contributed by atoms with Gasteiger partial charge >= 0.3 is 0 Å². The first-order valence-corrected chi connectivity index (χ1v) is 3.68. The fourth-order valence-electron chi connectivity index (χ4n) is 0.804. The summed E-state index contributed by atoms with van der Waals surface area (Å²) in [5, 5.41) is 10.5.